The molecule has 2 aliphatic rings. The van der Waals surface area contributed by atoms with Gasteiger partial charge in [0.25, 0.3) is 0 Å². The number of allylic oxidation sites excluding steroid dienone is 4. The van der Waals surface area contributed by atoms with Crippen LogP contribution in [0.5, 0.6) is 0 Å². The van der Waals surface area contributed by atoms with Gasteiger partial charge in [0.2, 0.25) is 0 Å². The minimum atomic E-state index is 0. The Hall–Kier alpha value is -0.786. The molecule has 0 fully saturated rings. The summed E-state index contributed by atoms with van der Waals surface area (Å²) in [6.07, 6.45) is 4.41. The molecule has 3 heteroatoms. The van der Waals surface area contributed by atoms with Gasteiger partial charge in [-0.2, -0.15) is 41.0 Å². The van der Waals surface area contributed by atoms with Crippen LogP contribution in [0.2, 0.25) is 0 Å². The molecular weight excluding hydrogens is 383 g/mol. The van der Waals surface area contributed by atoms with Crippen LogP contribution in [-0.4, -0.2) is 0 Å². The smallest absolute Gasteiger partial charge is 1.00 e. The molecule has 2 aromatic carbocycles. The van der Waals surface area contributed by atoms with Gasteiger partial charge in [-0.15, -0.1) is 12.5 Å². The normalized spacial score (nSPS) is 16.2. The molecule has 0 amide bonds. The third-order valence-electron chi connectivity index (χ3n) is 4.85. The maximum Gasteiger partial charge on any atom is 4.00 e. The van der Waals surface area contributed by atoms with Gasteiger partial charge in [0.05, 0.1) is 0 Å². The minimum Gasteiger partial charge on any atom is -1.00 e. The zero-order valence-electron chi connectivity index (χ0n) is 15.1. The van der Waals surface area contributed by atoms with Crippen molar-refractivity contribution in [2.24, 2.45) is 5.92 Å². The summed E-state index contributed by atoms with van der Waals surface area (Å²) in [5.74, 6) is 0.560. The first-order valence-electron chi connectivity index (χ1n) is 7.93. The predicted molar refractivity (Wildman–Crippen MR) is 93.5 cm³/mol. The van der Waals surface area contributed by atoms with Gasteiger partial charge in [-0.3, -0.25) is 6.08 Å². The van der Waals surface area contributed by atoms with Gasteiger partial charge < -0.3 is 24.8 Å². The van der Waals surface area contributed by atoms with E-state index in [0.717, 1.165) is 6.42 Å². The summed E-state index contributed by atoms with van der Waals surface area (Å²) >= 11 is 0. The Balaban J connectivity index is 0.000000435. The Morgan fingerprint density at radius 1 is 0.920 bits per heavy atom. The average Bonchev–Trinajstić information content (AvgIpc) is 3.01. The zero-order valence-corrected chi connectivity index (χ0v) is 18.2. The van der Waals surface area contributed by atoms with E-state index < -0.39 is 0 Å². The summed E-state index contributed by atoms with van der Waals surface area (Å²) in [6.45, 7) is 8.67. The van der Waals surface area contributed by atoms with Crippen molar-refractivity contribution in [3.8, 4) is 11.1 Å². The van der Waals surface area contributed by atoms with Crippen LogP contribution < -0.4 is 24.8 Å². The van der Waals surface area contributed by atoms with Gasteiger partial charge in [-0.1, -0.05) is 62.1 Å². The number of hydrogen-bond acceptors (Lipinski definition) is 0. The predicted octanol–water partition coefficient (Wildman–Crippen LogP) is -0.215. The summed E-state index contributed by atoms with van der Waals surface area (Å²) in [7, 11) is 0. The van der Waals surface area contributed by atoms with E-state index in [2.05, 4.69) is 76.2 Å². The summed E-state index contributed by atoms with van der Waals surface area (Å²) in [4.78, 5) is 0. The van der Waals surface area contributed by atoms with Gasteiger partial charge in [0.15, 0.2) is 0 Å². The molecule has 0 spiro atoms. The number of benzene rings is 2. The Morgan fingerprint density at radius 2 is 1.56 bits per heavy atom. The van der Waals surface area contributed by atoms with E-state index in [1.165, 1.54) is 39.0 Å². The first-order chi connectivity index (χ1) is 10.6. The van der Waals surface area contributed by atoms with Crippen LogP contribution in [-0.2, 0) is 28.1 Å². The van der Waals surface area contributed by atoms with E-state index in [4.69, 9.17) is 0 Å². The van der Waals surface area contributed by atoms with Crippen molar-refractivity contribution >= 4 is 0 Å². The first-order valence-corrected chi connectivity index (χ1v) is 7.93. The van der Waals surface area contributed by atoms with E-state index in [-0.39, 0.29) is 46.5 Å². The minimum absolute atomic E-state index is 0. The third kappa shape index (κ3) is 5.11. The van der Waals surface area contributed by atoms with Crippen LogP contribution in [0.3, 0.4) is 0 Å². The van der Waals surface area contributed by atoms with Crippen molar-refractivity contribution in [3.05, 3.63) is 82.5 Å². The van der Waals surface area contributed by atoms with E-state index >= 15 is 0 Å². The van der Waals surface area contributed by atoms with Crippen LogP contribution in [0, 0.1) is 18.1 Å². The standard InChI is InChI=1S/C13H9.C9H13.2ClH.Ti/c1-3-7-12-10(5-1)9-11-6-2-4-8-13(11)12;1-6-5-7(2)9(4)8(6)3;;;/h1-5,7-8H,9H2;6H,1-4H3;2*1H;/q2*-1;;;+4/p-2. The third-order valence-corrected chi connectivity index (χ3v) is 4.85. The van der Waals surface area contributed by atoms with Gasteiger partial charge >= 0.3 is 21.7 Å². The van der Waals surface area contributed by atoms with Crippen LogP contribution in [0.4, 0.5) is 0 Å². The first kappa shape index (κ1) is 24.2. The Morgan fingerprint density at radius 3 is 2.12 bits per heavy atom. The van der Waals surface area contributed by atoms with Crippen LogP contribution >= 0.6 is 0 Å². The molecule has 0 aliphatic heterocycles. The molecule has 0 saturated heterocycles. The molecule has 0 radical (unpaired) electrons. The van der Waals surface area contributed by atoms with Crippen molar-refractivity contribution in [3.63, 3.8) is 0 Å². The van der Waals surface area contributed by atoms with Crippen LogP contribution in [0.1, 0.15) is 38.8 Å². The second-order valence-electron chi connectivity index (χ2n) is 6.20. The molecule has 0 heterocycles. The molecule has 25 heavy (non-hydrogen) atoms. The topological polar surface area (TPSA) is 0 Å². The fourth-order valence-electron chi connectivity index (χ4n) is 3.16. The fraction of sp³-hybridized carbons (Fsp3) is 0.273. The quantitative estimate of drug-likeness (QED) is 0.359. The van der Waals surface area contributed by atoms with Gasteiger partial charge in [0, 0.05) is 0 Å². The van der Waals surface area contributed by atoms with Crippen molar-refractivity contribution < 1.29 is 46.5 Å². The Bertz CT molecular complexity index is 732. The second kappa shape index (κ2) is 10.4. The molecule has 0 saturated carbocycles. The number of halogens is 2. The Labute approximate surface area is 179 Å². The zero-order chi connectivity index (χ0) is 15.7. The molecule has 4 rings (SSSR count). The average molecular weight is 405 g/mol. The van der Waals surface area contributed by atoms with Crippen LogP contribution in [0.25, 0.3) is 11.1 Å². The van der Waals surface area contributed by atoms with Crippen molar-refractivity contribution in [2.45, 2.75) is 34.1 Å². The molecule has 1 atom stereocenters. The number of hydrogen-bond donors (Lipinski definition) is 0. The summed E-state index contributed by atoms with van der Waals surface area (Å²) in [6, 6.07) is 18.1. The summed E-state index contributed by atoms with van der Waals surface area (Å²) < 4.78 is 0. The number of rotatable bonds is 0. The molecule has 2 aliphatic carbocycles. The van der Waals surface area contributed by atoms with Gasteiger partial charge in [0.1, 0.15) is 0 Å². The van der Waals surface area contributed by atoms with E-state index in [9.17, 15) is 0 Å². The number of fused-ring (bicyclic) bond motifs is 3. The van der Waals surface area contributed by atoms with Crippen molar-refractivity contribution in [1.82, 2.24) is 0 Å². The molecule has 0 aromatic heterocycles. The summed E-state index contributed by atoms with van der Waals surface area (Å²) in [5.41, 5.74) is 9.76. The molecule has 128 valence electrons. The van der Waals surface area contributed by atoms with Crippen LogP contribution in [0.15, 0.2) is 59.2 Å². The molecule has 0 nitrogen and oxygen atoms in total. The molecule has 2 aromatic rings. The molecule has 0 bridgehead atoms. The largest absolute Gasteiger partial charge is 4.00 e. The van der Waals surface area contributed by atoms with E-state index in [1.807, 2.05) is 6.07 Å². The Kier molecular flexibility index (Phi) is 10.1. The fourth-order valence-corrected chi connectivity index (χ4v) is 3.16. The van der Waals surface area contributed by atoms with Crippen molar-refractivity contribution in [1.29, 1.82) is 0 Å². The molecule has 1 unspecified atom stereocenters. The summed E-state index contributed by atoms with van der Waals surface area (Å²) in [5, 5.41) is 0. The molecular formula is C22H22Cl2Ti. The van der Waals surface area contributed by atoms with E-state index in [0.29, 0.717) is 5.92 Å². The SMILES string of the molecule is CC1=[C-]C(C)C(C)=C1C.[Cl-].[Cl-].[Ti+4].[c-]1cccc2c1Cc1ccccc1-2. The maximum atomic E-state index is 3.36. The monoisotopic (exact) mass is 404 g/mol. The van der Waals surface area contributed by atoms with Gasteiger partial charge in [-0.05, 0) is 6.42 Å². The van der Waals surface area contributed by atoms with Gasteiger partial charge in [-0.25, -0.2) is 5.57 Å². The second-order valence-corrected chi connectivity index (χ2v) is 6.20. The van der Waals surface area contributed by atoms with Crippen molar-refractivity contribution in [2.75, 3.05) is 0 Å². The maximum absolute atomic E-state index is 3.36. The molecule has 0 N–H and O–H groups in total. The van der Waals surface area contributed by atoms with E-state index in [1.54, 1.807) is 0 Å².